The molecule has 0 radical (unpaired) electrons. The molecule has 5 nitrogen and oxygen atoms in total. The fourth-order valence-corrected chi connectivity index (χ4v) is 3.53. The molecule has 1 aliphatic heterocycles. The van der Waals surface area contributed by atoms with E-state index in [0.717, 1.165) is 30.4 Å². The Labute approximate surface area is 163 Å². The standard InChI is InChI=1S/C21H28BN3O2/c1-16-13-22(15-24)11-12-25(16)19-8-5-17(6-9-19)18(14-23)7-10-20(26)27-21(2,3)4/h5-6,8-9,16,18H,7,10-13H2,1-4H3. The molecule has 1 heterocycles. The predicted molar refractivity (Wildman–Crippen MR) is 108 cm³/mol. The fraction of sp³-hybridized carbons (Fsp3) is 0.571. The van der Waals surface area contributed by atoms with E-state index in [-0.39, 0.29) is 25.0 Å². The molecule has 27 heavy (non-hydrogen) atoms. The SMILES string of the molecule is CC1CB(C#N)CCN1c1ccc(C(C#N)CCC(=O)OC(C)(C)C)cc1. The summed E-state index contributed by atoms with van der Waals surface area (Å²) in [4.78, 5) is 14.2. The van der Waals surface area contributed by atoms with Gasteiger partial charge in [0, 0.05) is 30.7 Å². The number of benzene rings is 1. The molecule has 142 valence electrons. The highest BCUT2D eigenvalue weighted by Crippen LogP contribution is 2.28. The summed E-state index contributed by atoms with van der Waals surface area (Å²) in [6.07, 6.45) is 2.46. The minimum Gasteiger partial charge on any atom is -0.460 e. The second-order valence-electron chi connectivity index (χ2n) is 8.29. The van der Waals surface area contributed by atoms with Crippen LogP contribution in [0.1, 0.15) is 52.0 Å². The first-order valence-corrected chi connectivity index (χ1v) is 9.61. The van der Waals surface area contributed by atoms with E-state index < -0.39 is 5.60 Å². The van der Waals surface area contributed by atoms with Gasteiger partial charge >= 0.3 is 5.97 Å². The monoisotopic (exact) mass is 365 g/mol. The van der Waals surface area contributed by atoms with E-state index >= 15 is 0 Å². The van der Waals surface area contributed by atoms with Crippen molar-refractivity contribution in [3.63, 3.8) is 0 Å². The lowest BCUT2D eigenvalue weighted by molar-refractivity contribution is -0.154. The summed E-state index contributed by atoms with van der Waals surface area (Å²) in [6.45, 7) is 8.69. The zero-order chi connectivity index (χ0) is 20.0. The fourth-order valence-electron chi connectivity index (χ4n) is 3.53. The van der Waals surface area contributed by atoms with Gasteiger partial charge in [0.15, 0.2) is 0 Å². The molecule has 0 amide bonds. The van der Waals surface area contributed by atoms with E-state index in [9.17, 15) is 10.1 Å². The first-order chi connectivity index (χ1) is 12.7. The molecule has 6 heteroatoms. The largest absolute Gasteiger partial charge is 0.460 e. The first kappa shape index (κ1) is 20.8. The Bertz CT molecular complexity index is 728. The second kappa shape index (κ2) is 8.95. The number of anilines is 1. The lowest BCUT2D eigenvalue weighted by Gasteiger charge is -2.36. The molecule has 2 rings (SSSR count). The molecular weight excluding hydrogens is 337 g/mol. The van der Waals surface area contributed by atoms with Crippen LogP contribution >= 0.6 is 0 Å². The summed E-state index contributed by atoms with van der Waals surface area (Å²) in [6, 6.07) is 10.7. The molecule has 1 aromatic rings. The quantitative estimate of drug-likeness (QED) is 0.578. The van der Waals surface area contributed by atoms with Crippen molar-refractivity contribution in [2.75, 3.05) is 11.4 Å². The molecular formula is C21H28BN3O2. The summed E-state index contributed by atoms with van der Waals surface area (Å²) < 4.78 is 5.32. The van der Waals surface area contributed by atoms with Crippen LogP contribution < -0.4 is 4.90 Å². The highest BCUT2D eigenvalue weighted by Gasteiger charge is 2.28. The van der Waals surface area contributed by atoms with Gasteiger partial charge in [0.2, 0.25) is 0 Å². The van der Waals surface area contributed by atoms with Crippen molar-refractivity contribution in [1.29, 1.82) is 10.5 Å². The Kier molecular flexibility index (Phi) is 6.91. The van der Waals surface area contributed by atoms with Crippen molar-refractivity contribution >= 4 is 18.4 Å². The van der Waals surface area contributed by atoms with E-state index in [1.807, 2.05) is 45.0 Å². The third-order valence-electron chi connectivity index (χ3n) is 4.90. The van der Waals surface area contributed by atoms with Crippen molar-refractivity contribution < 1.29 is 9.53 Å². The van der Waals surface area contributed by atoms with Crippen LogP contribution in [0.25, 0.3) is 0 Å². The van der Waals surface area contributed by atoms with Crippen molar-refractivity contribution in [3.05, 3.63) is 29.8 Å². The number of nitrogens with zero attached hydrogens (tertiary/aromatic N) is 3. The minimum atomic E-state index is -0.503. The number of carbonyl (C=O) groups is 1. The molecule has 0 aliphatic carbocycles. The van der Waals surface area contributed by atoms with Gasteiger partial charge in [0.05, 0.1) is 12.0 Å². The number of nitriles is 2. The molecule has 1 aromatic carbocycles. The summed E-state index contributed by atoms with van der Waals surface area (Å²) in [5.41, 5.74) is 1.53. The Morgan fingerprint density at radius 1 is 1.33 bits per heavy atom. The van der Waals surface area contributed by atoms with Gasteiger partial charge in [-0.25, -0.2) is 5.26 Å². The minimum absolute atomic E-state index is 0.145. The maximum atomic E-state index is 11.9. The Morgan fingerprint density at radius 3 is 2.52 bits per heavy atom. The van der Waals surface area contributed by atoms with Crippen LogP contribution in [0, 0.1) is 22.6 Å². The van der Waals surface area contributed by atoms with Crippen LogP contribution in [0.4, 0.5) is 5.69 Å². The molecule has 0 aromatic heterocycles. The lowest BCUT2D eigenvalue weighted by Crippen LogP contribution is -2.43. The van der Waals surface area contributed by atoms with Crippen LogP contribution in [-0.4, -0.2) is 30.9 Å². The van der Waals surface area contributed by atoms with Gasteiger partial charge in [-0.2, -0.15) is 5.26 Å². The zero-order valence-electron chi connectivity index (χ0n) is 16.7. The lowest BCUT2D eigenvalue weighted by atomic mass is 9.43. The smallest absolute Gasteiger partial charge is 0.306 e. The van der Waals surface area contributed by atoms with Gasteiger partial charge < -0.3 is 9.64 Å². The molecule has 1 saturated heterocycles. The Balaban J connectivity index is 1.98. The van der Waals surface area contributed by atoms with Crippen molar-refractivity contribution in [2.24, 2.45) is 0 Å². The highest BCUT2D eigenvalue weighted by atomic mass is 16.6. The summed E-state index contributed by atoms with van der Waals surface area (Å²) in [7, 11) is 0. The van der Waals surface area contributed by atoms with E-state index in [4.69, 9.17) is 10.00 Å². The normalized spacial score (nSPS) is 18.4. The van der Waals surface area contributed by atoms with Gasteiger partial charge in [-0.3, -0.25) is 4.79 Å². The highest BCUT2D eigenvalue weighted by molar-refractivity contribution is 6.67. The maximum Gasteiger partial charge on any atom is 0.306 e. The van der Waals surface area contributed by atoms with E-state index in [1.165, 1.54) is 0 Å². The third kappa shape index (κ3) is 6.03. The molecule has 0 N–H and O–H groups in total. The van der Waals surface area contributed by atoms with Gasteiger partial charge in [-0.15, -0.1) is 0 Å². The zero-order valence-corrected chi connectivity index (χ0v) is 16.7. The van der Waals surface area contributed by atoms with E-state index in [1.54, 1.807) is 0 Å². The van der Waals surface area contributed by atoms with E-state index in [0.29, 0.717) is 12.5 Å². The Morgan fingerprint density at radius 2 is 2.00 bits per heavy atom. The average Bonchev–Trinajstić information content (AvgIpc) is 2.61. The predicted octanol–water partition coefficient (Wildman–Crippen LogP) is 4.18. The molecule has 2 unspecified atom stereocenters. The average molecular weight is 365 g/mol. The third-order valence-corrected chi connectivity index (χ3v) is 4.90. The number of hydrogen-bond acceptors (Lipinski definition) is 5. The van der Waals surface area contributed by atoms with Crippen LogP contribution in [0.2, 0.25) is 12.6 Å². The van der Waals surface area contributed by atoms with Gasteiger partial charge in [0.1, 0.15) is 5.60 Å². The molecule has 2 atom stereocenters. The van der Waals surface area contributed by atoms with Crippen molar-refractivity contribution in [1.82, 2.24) is 0 Å². The molecule has 1 fully saturated rings. The summed E-state index contributed by atoms with van der Waals surface area (Å²) >= 11 is 0. The molecule has 0 spiro atoms. The second-order valence-corrected chi connectivity index (χ2v) is 8.29. The maximum absolute atomic E-state index is 11.9. The van der Waals surface area contributed by atoms with Gasteiger partial charge in [0.25, 0.3) is 6.71 Å². The molecule has 1 aliphatic rings. The van der Waals surface area contributed by atoms with Gasteiger partial charge in [-0.1, -0.05) is 12.1 Å². The number of carbonyl (C=O) groups excluding carboxylic acids is 1. The summed E-state index contributed by atoms with van der Waals surface area (Å²) in [5, 5.41) is 18.6. The first-order valence-electron chi connectivity index (χ1n) is 9.61. The topological polar surface area (TPSA) is 77.1 Å². The number of hydrogen-bond donors (Lipinski definition) is 0. The van der Waals surface area contributed by atoms with Crippen molar-refractivity contribution in [3.8, 4) is 12.0 Å². The van der Waals surface area contributed by atoms with Crippen LogP contribution in [0.15, 0.2) is 24.3 Å². The van der Waals surface area contributed by atoms with Crippen LogP contribution in [-0.2, 0) is 9.53 Å². The summed E-state index contributed by atoms with van der Waals surface area (Å²) in [5.74, 6) is 1.78. The molecule has 0 saturated carbocycles. The number of esters is 1. The van der Waals surface area contributed by atoms with Crippen LogP contribution in [0.3, 0.4) is 0 Å². The Hall–Kier alpha value is -2.47. The van der Waals surface area contributed by atoms with Crippen molar-refractivity contribution in [2.45, 2.75) is 70.7 Å². The number of rotatable bonds is 5. The van der Waals surface area contributed by atoms with Crippen LogP contribution in [0.5, 0.6) is 0 Å². The van der Waals surface area contributed by atoms with Gasteiger partial charge in [-0.05, 0) is 64.5 Å². The van der Waals surface area contributed by atoms with E-state index in [2.05, 4.69) is 23.9 Å². The number of ether oxygens (including phenoxy) is 1. The molecule has 0 bridgehead atoms.